The van der Waals surface area contributed by atoms with Crippen LogP contribution in [0, 0.1) is 6.92 Å². The summed E-state index contributed by atoms with van der Waals surface area (Å²) in [7, 11) is 0. The van der Waals surface area contributed by atoms with Crippen LogP contribution in [0.15, 0.2) is 29.1 Å². The highest BCUT2D eigenvalue weighted by Crippen LogP contribution is 2.25. The third-order valence-corrected chi connectivity index (χ3v) is 2.96. The summed E-state index contributed by atoms with van der Waals surface area (Å²) in [5, 5.41) is 0. The Morgan fingerprint density at radius 1 is 1.28 bits per heavy atom. The fourth-order valence-corrected chi connectivity index (χ4v) is 1.89. The summed E-state index contributed by atoms with van der Waals surface area (Å²) in [4.78, 5) is 18.1. The molecule has 18 heavy (non-hydrogen) atoms. The van der Waals surface area contributed by atoms with Gasteiger partial charge in [0.25, 0.3) is 5.56 Å². The SMILES string of the molecule is Cc1ccc(C(C)C)cc1-c1cc(=O)[nH]c(N)n1. The number of H-pyrrole nitrogens is 1. The lowest BCUT2D eigenvalue weighted by Crippen LogP contribution is -2.10. The molecule has 0 unspecified atom stereocenters. The lowest BCUT2D eigenvalue weighted by molar-refractivity contribution is 0.866. The molecular weight excluding hydrogens is 226 g/mol. The van der Waals surface area contributed by atoms with Crippen molar-refractivity contribution < 1.29 is 0 Å². The number of hydrogen-bond donors (Lipinski definition) is 2. The van der Waals surface area contributed by atoms with E-state index in [1.807, 2.05) is 13.0 Å². The van der Waals surface area contributed by atoms with Crippen molar-refractivity contribution in [3.05, 3.63) is 45.7 Å². The Kier molecular flexibility index (Phi) is 3.19. The summed E-state index contributed by atoms with van der Waals surface area (Å²) >= 11 is 0. The van der Waals surface area contributed by atoms with E-state index in [0.717, 1.165) is 11.1 Å². The number of benzene rings is 1. The molecule has 2 rings (SSSR count). The second-order valence-electron chi connectivity index (χ2n) is 4.74. The van der Waals surface area contributed by atoms with E-state index in [2.05, 4.69) is 35.9 Å². The average molecular weight is 243 g/mol. The zero-order valence-electron chi connectivity index (χ0n) is 10.8. The third-order valence-electron chi connectivity index (χ3n) is 2.96. The quantitative estimate of drug-likeness (QED) is 0.851. The molecule has 1 heterocycles. The molecule has 1 aromatic carbocycles. The van der Waals surface area contributed by atoms with Gasteiger partial charge in [0, 0.05) is 11.6 Å². The Hall–Kier alpha value is -2.10. The van der Waals surface area contributed by atoms with Crippen LogP contribution in [0.5, 0.6) is 0 Å². The van der Waals surface area contributed by atoms with Gasteiger partial charge in [0.15, 0.2) is 0 Å². The lowest BCUT2D eigenvalue weighted by Gasteiger charge is -2.11. The second-order valence-corrected chi connectivity index (χ2v) is 4.74. The van der Waals surface area contributed by atoms with Crippen LogP contribution in [0.1, 0.15) is 30.9 Å². The molecule has 0 fully saturated rings. The van der Waals surface area contributed by atoms with Gasteiger partial charge in [-0.3, -0.25) is 9.78 Å². The van der Waals surface area contributed by atoms with E-state index < -0.39 is 0 Å². The highest BCUT2D eigenvalue weighted by molar-refractivity contribution is 5.65. The molecule has 0 amide bonds. The zero-order chi connectivity index (χ0) is 13.3. The molecule has 0 aliphatic carbocycles. The van der Waals surface area contributed by atoms with Gasteiger partial charge in [0.05, 0.1) is 5.69 Å². The van der Waals surface area contributed by atoms with Crippen LogP contribution in [0.4, 0.5) is 5.95 Å². The standard InChI is InChI=1S/C14H17N3O/c1-8(2)10-5-4-9(3)11(6-10)12-7-13(18)17-14(15)16-12/h4-8H,1-3H3,(H3,15,16,17,18). The molecule has 94 valence electrons. The van der Waals surface area contributed by atoms with Gasteiger partial charge in [-0.2, -0.15) is 0 Å². The van der Waals surface area contributed by atoms with E-state index in [9.17, 15) is 4.79 Å². The summed E-state index contributed by atoms with van der Waals surface area (Å²) in [6, 6.07) is 7.69. The molecule has 0 spiro atoms. The molecule has 0 bridgehead atoms. The molecule has 0 aliphatic rings. The van der Waals surface area contributed by atoms with Gasteiger partial charge in [-0.15, -0.1) is 0 Å². The van der Waals surface area contributed by atoms with E-state index in [1.165, 1.54) is 11.6 Å². The summed E-state index contributed by atoms with van der Waals surface area (Å²) in [5.41, 5.74) is 9.23. The molecule has 4 nitrogen and oxygen atoms in total. The minimum Gasteiger partial charge on any atom is -0.369 e. The van der Waals surface area contributed by atoms with Crippen LogP contribution in [0.25, 0.3) is 11.3 Å². The first-order chi connectivity index (χ1) is 8.47. The van der Waals surface area contributed by atoms with Gasteiger partial charge in [0.2, 0.25) is 5.95 Å². The number of hydrogen-bond acceptors (Lipinski definition) is 3. The normalized spacial score (nSPS) is 10.9. The lowest BCUT2D eigenvalue weighted by atomic mass is 9.96. The van der Waals surface area contributed by atoms with Crippen molar-refractivity contribution in [2.75, 3.05) is 5.73 Å². The monoisotopic (exact) mass is 243 g/mol. The number of aromatic amines is 1. The van der Waals surface area contributed by atoms with E-state index in [4.69, 9.17) is 5.73 Å². The fourth-order valence-electron chi connectivity index (χ4n) is 1.89. The van der Waals surface area contributed by atoms with E-state index >= 15 is 0 Å². The Balaban J connectivity index is 2.62. The first-order valence-corrected chi connectivity index (χ1v) is 5.95. The number of aromatic nitrogens is 2. The van der Waals surface area contributed by atoms with Crippen molar-refractivity contribution in [3.63, 3.8) is 0 Å². The van der Waals surface area contributed by atoms with E-state index in [0.29, 0.717) is 11.6 Å². The van der Waals surface area contributed by atoms with Gasteiger partial charge in [0.1, 0.15) is 0 Å². The topological polar surface area (TPSA) is 71.8 Å². The molecule has 0 atom stereocenters. The van der Waals surface area contributed by atoms with Gasteiger partial charge in [-0.05, 0) is 30.0 Å². The number of nitrogens with two attached hydrogens (primary N) is 1. The highest BCUT2D eigenvalue weighted by atomic mass is 16.1. The minimum absolute atomic E-state index is 0.145. The van der Waals surface area contributed by atoms with Gasteiger partial charge < -0.3 is 5.73 Å². The smallest absolute Gasteiger partial charge is 0.252 e. The number of aryl methyl sites for hydroxylation is 1. The maximum absolute atomic E-state index is 11.4. The molecule has 2 aromatic rings. The van der Waals surface area contributed by atoms with Crippen molar-refractivity contribution in [2.24, 2.45) is 0 Å². The molecule has 0 saturated carbocycles. The average Bonchev–Trinajstić information content (AvgIpc) is 2.27. The molecule has 0 radical (unpaired) electrons. The molecule has 4 heteroatoms. The molecule has 1 aromatic heterocycles. The van der Waals surface area contributed by atoms with Crippen molar-refractivity contribution >= 4 is 5.95 Å². The summed E-state index contributed by atoms with van der Waals surface area (Å²) in [6.07, 6.45) is 0. The van der Waals surface area contributed by atoms with Crippen molar-refractivity contribution in [1.29, 1.82) is 0 Å². The molecular formula is C14H17N3O. The summed E-state index contributed by atoms with van der Waals surface area (Å²) < 4.78 is 0. The fraction of sp³-hybridized carbons (Fsp3) is 0.286. The second kappa shape index (κ2) is 4.64. The Morgan fingerprint density at radius 2 is 2.00 bits per heavy atom. The predicted octanol–water partition coefficient (Wildman–Crippen LogP) is 2.45. The van der Waals surface area contributed by atoms with Crippen molar-refractivity contribution in [1.82, 2.24) is 9.97 Å². The maximum atomic E-state index is 11.4. The Bertz CT molecular complexity index is 629. The number of rotatable bonds is 2. The van der Waals surface area contributed by atoms with E-state index in [1.54, 1.807) is 0 Å². The maximum Gasteiger partial charge on any atom is 0.252 e. The highest BCUT2D eigenvalue weighted by Gasteiger charge is 2.08. The minimum atomic E-state index is -0.230. The van der Waals surface area contributed by atoms with Crippen LogP contribution in [0.2, 0.25) is 0 Å². The van der Waals surface area contributed by atoms with Crippen LogP contribution < -0.4 is 11.3 Å². The first kappa shape index (κ1) is 12.4. The number of anilines is 1. The molecule has 0 saturated heterocycles. The van der Waals surface area contributed by atoms with Crippen LogP contribution in [0.3, 0.4) is 0 Å². The van der Waals surface area contributed by atoms with Gasteiger partial charge >= 0.3 is 0 Å². The van der Waals surface area contributed by atoms with Gasteiger partial charge in [-0.25, -0.2) is 4.98 Å². The Labute approximate surface area is 106 Å². The number of nitrogens with one attached hydrogen (secondary N) is 1. The van der Waals surface area contributed by atoms with Crippen LogP contribution in [-0.2, 0) is 0 Å². The predicted molar refractivity (Wildman–Crippen MR) is 73.5 cm³/mol. The number of nitrogens with zero attached hydrogens (tertiary/aromatic N) is 1. The summed E-state index contributed by atoms with van der Waals surface area (Å²) in [6.45, 7) is 6.26. The van der Waals surface area contributed by atoms with Crippen LogP contribution >= 0.6 is 0 Å². The van der Waals surface area contributed by atoms with E-state index in [-0.39, 0.29) is 11.5 Å². The molecule has 3 N–H and O–H groups in total. The van der Waals surface area contributed by atoms with Crippen LogP contribution in [-0.4, -0.2) is 9.97 Å². The van der Waals surface area contributed by atoms with Crippen molar-refractivity contribution in [2.45, 2.75) is 26.7 Å². The third kappa shape index (κ3) is 2.42. The largest absolute Gasteiger partial charge is 0.369 e. The van der Waals surface area contributed by atoms with Crippen molar-refractivity contribution in [3.8, 4) is 11.3 Å². The zero-order valence-corrected chi connectivity index (χ0v) is 10.8. The Morgan fingerprint density at radius 3 is 2.61 bits per heavy atom. The van der Waals surface area contributed by atoms with Gasteiger partial charge in [-0.1, -0.05) is 26.0 Å². The first-order valence-electron chi connectivity index (χ1n) is 5.95. The number of nitrogen functional groups attached to an aromatic ring is 1. The summed E-state index contributed by atoms with van der Waals surface area (Å²) in [5.74, 6) is 0.579. The molecule has 0 aliphatic heterocycles.